The number of halogens is 2. The van der Waals surface area contributed by atoms with Gasteiger partial charge in [0.25, 0.3) is 5.91 Å². The summed E-state index contributed by atoms with van der Waals surface area (Å²) in [6, 6.07) is 19.9. The van der Waals surface area contributed by atoms with E-state index in [-0.39, 0.29) is 18.8 Å². The molecule has 0 saturated heterocycles. The van der Waals surface area contributed by atoms with Crippen molar-refractivity contribution < 1.29 is 23.5 Å². The second-order valence-corrected chi connectivity index (χ2v) is 8.30. The Morgan fingerprint density at radius 3 is 2.49 bits per heavy atom. The molecule has 1 atom stereocenters. The van der Waals surface area contributed by atoms with Gasteiger partial charge in [0, 0.05) is 6.42 Å². The zero-order valence-electron chi connectivity index (χ0n) is 19.0. The molecule has 0 unspecified atom stereocenters. The summed E-state index contributed by atoms with van der Waals surface area (Å²) in [6.07, 6.45) is 1.09. The van der Waals surface area contributed by atoms with Crippen LogP contribution in [0.1, 0.15) is 23.6 Å². The first kappa shape index (κ1) is 25.9. The normalized spacial score (nSPS) is 11.6. The van der Waals surface area contributed by atoms with Crippen LogP contribution >= 0.6 is 15.9 Å². The first-order valence-corrected chi connectivity index (χ1v) is 11.7. The molecule has 0 aliphatic carbocycles. The molecule has 3 aromatic carbocycles. The van der Waals surface area contributed by atoms with Crippen molar-refractivity contribution in [3.8, 4) is 5.75 Å². The summed E-state index contributed by atoms with van der Waals surface area (Å²) in [5.41, 5.74) is 4.90. The lowest BCUT2D eigenvalue weighted by Gasteiger charge is -2.16. The zero-order chi connectivity index (χ0) is 25.0. The Hall–Kier alpha value is -3.72. The lowest BCUT2D eigenvalue weighted by Crippen LogP contribution is -2.47. The molecule has 3 rings (SSSR count). The van der Waals surface area contributed by atoms with E-state index in [9.17, 15) is 14.0 Å². The first-order chi connectivity index (χ1) is 16.9. The Morgan fingerprint density at radius 1 is 1.06 bits per heavy atom. The molecule has 2 amide bonds. The number of ether oxygens (including phenoxy) is 2. The number of alkyl carbamates (subject to hydrolysis) is 1. The number of hydrogen-bond donors (Lipinski definition) is 2. The van der Waals surface area contributed by atoms with Gasteiger partial charge in [-0.1, -0.05) is 42.5 Å². The second-order valence-electron chi connectivity index (χ2n) is 7.45. The molecule has 7 nitrogen and oxygen atoms in total. The van der Waals surface area contributed by atoms with Gasteiger partial charge in [-0.15, -0.1) is 0 Å². The summed E-state index contributed by atoms with van der Waals surface area (Å²) < 4.78 is 24.4. The van der Waals surface area contributed by atoms with Gasteiger partial charge in [-0.25, -0.2) is 14.6 Å². The second kappa shape index (κ2) is 13.2. The van der Waals surface area contributed by atoms with Crippen molar-refractivity contribution in [2.24, 2.45) is 5.10 Å². The standard InChI is InChI=1S/C26H25BrFN3O4/c1-2-34-26(33)30-23(15-18-6-4-3-5-7-18)25(32)31-29-16-20-10-13-24(22(27)14-20)35-17-19-8-11-21(28)12-9-19/h3-14,16,23H,2,15,17H2,1H3,(H,30,33)(H,31,32)/b29-16-/t23-/m0/s1. The van der Waals surface area contributed by atoms with E-state index < -0.39 is 18.0 Å². The number of hydrogen-bond acceptors (Lipinski definition) is 5. The Morgan fingerprint density at radius 2 is 1.80 bits per heavy atom. The lowest BCUT2D eigenvalue weighted by molar-refractivity contribution is -0.123. The highest BCUT2D eigenvalue weighted by Gasteiger charge is 2.21. The van der Waals surface area contributed by atoms with Crippen LogP contribution in [-0.2, 0) is 22.6 Å². The van der Waals surface area contributed by atoms with E-state index in [2.05, 4.69) is 31.8 Å². The molecule has 3 aromatic rings. The lowest BCUT2D eigenvalue weighted by atomic mass is 10.1. The third kappa shape index (κ3) is 8.53. The van der Waals surface area contributed by atoms with Gasteiger partial charge in [-0.05, 0) is 69.9 Å². The maximum absolute atomic E-state index is 13.0. The van der Waals surface area contributed by atoms with Gasteiger partial charge in [0.1, 0.15) is 24.2 Å². The third-order valence-electron chi connectivity index (χ3n) is 4.82. The van der Waals surface area contributed by atoms with E-state index in [1.54, 1.807) is 37.3 Å². The topological polar surface area (TPSA) is 89.0 Å². The fraction of sp³-hybridized carbons (Fsp3) is 0.192. The molecule has 0 aromatic heterocycles. The monoisotopic (exact) mass is 541 g/mol. The first-order valence-electron chi connectivity index (χ1n) is 10.9. The maximum atomic E-state index is 13.0. The number of carbonyl (C=O) groups excluding carboxylic acids is 2. The molecule has 2 N–H and O–H groups in total. The third-order valence-corrected chi connectivity index (χ3v) is 5.44. The van der Waals surface area contributed by atoms with Crippen molar-refractivity contribution in [3.63, 3.8) is 0 Å². The molecule has 182 valence electrons. The van der Waals surface area contributed by atoms with E-state index in [1.807, 2.05) is 30.3 Å². The molecule has 9 heteroatoms. The molecule has 35 heavy (non-hydrogen) atoms. The minimum Gasteiger partial charge on any atom is -0.488 e. The summed E-state index contributed by atoms with van der Waals surface area (Å²) in [5.74, 6) is -0.165. The molecule has 0 fully saturated rings. The number of hydrazone groups is 1. The largest absolute Gasteiger partial charge is 0.488 e. The van der Waals surface area contributed by atoms with Crippen LogP contribution in [0.25, 0.3) is 0 Å². The summed E-state index contributed by atoms with van der Waals surface area (Å²) in [7, 11) is 0. The van der Waals surface area contributed by atoms with E-state index in [4.69, 9.17) is 9.47 Å². The summed E-state index contributed by atoms with van der Waals surface area (Å²) in [6.45, 7) is 2.17. The van der Waals surface area contributed by atoms with Crippen LogP contribution < -0.4 is 15.5 Å². The molecule has 0 radical (unpaired) electrons. The average Bonchev–Trinajstić information content (AvgIpc) is 2.85. The minimum absolute atomic E-state index is 0.197. The number of rotatable bonds is 10. The minimum atomic E-state index is -0.859. The fourth-order valence-electron chi connectivity index (χ4n) is 3.08. The van der Waals surface area contributed by atoms with Gasteiger partial charge in [0.2, 0.25) is 0 Å². The van der Waals surface area contributed by atoms with Crippen molar-refractivity contribution in [2.75, 3.05) is 6.61 Å². The van der Waals surface area contributed by atoms with E-state index in [0.29, 0.717) is 22.4 Å². The number of benzene rings is 3. The molecule has 0 heterocycles. The van der Waals surface area contributed by atoms with Crippen LogP contribution in [0.15, 0.2) is 82.4 Å². The van der Waals surface area contributed by atoms with Crippen molar-refractivity contribution >= 4 is 34.1 Å². The number of nitrogens with one attached hydrogen (secondary N) is 2. The van der Waals surface area contributed by atoms with Crippen LogP contribution in [-0.4, -0.2) is 30.9 Å². The molecule has 0 spiro atoms. The molecular weight excluding hydrogens is 517 g/mol. The highest BCUT2D eigenvalue weighted by molar-refractivity contribution is 9.10. The Bertz CT molecular complexity index is 1160. The highest BCUT2D eigenvalue weighted by Crippen LogP contribution is 2.26. The summed E-state index contributed by atoms with van der Waals surface area (Å²) in [5, 5.41) is 6.59. The maximum Gasteiger partial charge on any atom is 0.407 e. The highest BCUT2D eigenvalue weighted by atomic mass is 79.9. The van der Waals surface area contributed by atoms with Crippen molar-refractivity contribution in [1.82, 2.24) is 10.7 Å². The van der Waals surface area contributed by atoms with Crippen LogP contribution in [0.3, 0.4) is 0 Å². The molecule has 0 aliphatic rings. The number of nitrogens with zero attached hydrogens (tertiary/aromatic N) is 1. The van der Waals surface area contributed by atoms with Gasteiger partial charge in [0.15, 0.2) is 0 Å². The zero-order valence-corrected chi connectivity index (χ0v) is 20.6. The molecular formula is C26H25BrFN3O4. The smallest absolute Gasteiger partial charge is 0.407 e. The van der Waals surface area contributed by atoms with Gasteiger partial charge >= 0.3 is 6.09 Å². The molecule has 0 saturated carbocycles. The molecule has 0 aliphatic heterocycles. The van der Waals surface area contributed by atoms with E-state index in [0.717, 1.165) is 11.1 Å². The number of amides is 2. The van der Waals surface area contributed by atoms with Crippen LogP contribution in [0.5, 0.6) is 5.75 Å². The van der Waals surface area contributed by atoms with Crippen LogP contribution in [0, 0.1) is 5.82 Å². The Balaban J connectivity index is 1.58. The van der Waals surface area contributed by atoms with Crippen molar-refractivity contribution in [1.29, 1.82) is 0 Å². The quantitative estimate of drug-likeness (QED) is 0.280. The average molecular weight is 542 g/mol. The van der Waals surface area contributed by atoms with Gasteiger partial charge in [-0.3, -0.25) is 4.79 Å². The van der Waals surface area contributed by atoms with Gasteiger partial charge in [0.05, 0.1) is 17.3 Å². The predicted octanol–water partition coefficient (Wildman–Crippen LogP) is 4.97. The van der Waals surface area contributed by atoms with E-state index >= 15 is 0 Å². The SMILES string of the molecule is CCOC(=O)N[C@@H](Cc1ccccc1)C(=O)N/N=C\c1ccc(OCc2ccc(F)cc2)c(Br)c1. The van der Waals surface area contributed by atoms with Crippen molar-refractivity contribution in [2.45, 2.75) is 26.0 Å². The van der Waals surface area contributed by atoms with Gasteiger partial charge < -0.3 is 14.8 Å². The summed E-state index contributed by atoms with van der Waals surface area (Å²) in [4.78, 5) is 24.6. The number of carbonyl (C=O) groups is 2. The van der Waals surface area contributed by atoms with Crippen LogP contribution in [0.4, 0.5) is 9.18 Å². The van der Waals surface area contributed by atoms with Crippen molar-refractivity contribution in [3.05, 3.63) is 99.8 Å². The Labute approximate surface area is 211 Å². The van der Waals surface area contributed by atoms with Crippen LogP contribution in [0.2, 0.25) is 0 Å². The van der Waals surface area contributed by atoms with E-state index in [1.165, 1.54) is 18.3 Å². The predicted molar refractivity (Wildman–Crippen MR) is 135 cm³/mol. The molecule has 0 bridgehead atoms. The van der Waals surface area contributed by atoms with Gasteiger partial charge in [-0.2, -0.15) is 5.10 Å². The summed E-state index contributed by atoms with van der Waals surface area (Å²) >= 11 is 3.46. The fourth-order valence-corrected chi connectivity index (χ4v) is 3.59. The Kier molecular flexibility index (Phi) is 9.80.